The van der Waals surface area contributed by atoms with Crippen LogP contribution in [0.1, 0.15) is 31.8 Å². The van der Waals surface area contributed by atoms with Gasteiger partial charge in [-0.15, -0.1) is 0 Å². The van der Waals surface area contributed by atoms with Gasteiger partial charge in [-0.3, -0.25) is 0 Å². The molecule has 40 heavy (non-hydrogen) atoms. The molecule has 0 amide bonds. The maximum atomic E-state index is 14.1. The first-order chi connectivity index (χ1) is 17.3. The molecule has 0 saturated heterocycles. The van der Waals surface area contributed by atoms with Gasteiger partial charge in [0, 0.05) is 12.8 Å². The lowest BCUT2D eigenvalue weighted by Crippen LogP contribution is -2.61. The van der Waals surface area contributed by atoms with Crippen molar-refractivity contribution in [3.8, 4) is 0 Å². The van der Waals surface area contributed by atoms with E-state index in [1.54, 1.807) is 0 Å². The van der Waals surface area contributed by atoms with Crippen LogP contribution in [0.3, 0.4) is 0 Å². The van der Waals surface area contributed by atoms with E-state index >= 15 is 0 Å². The number of carboxylic acids is 2. The first kappa shape index (κ1) is 34.9. The van der Waals surface area contributed by atoms with Gasteiger partial charge in [-0.1, -0.05) is 6.07 Å². The number of rotatable bonds is 10. The molecule has 230 valence electrons. The lowest BCUT2D eigenvalue weighted by Gasteiger charge is -2.35. The molecule has 2 N–H and O–H groups in total. The third kappa shape index (κ3) is 5.44. The molecule has 0 aromatic heterocycles. The van der Waals surface area contributed by atoms with Gasteiger partial charge >= 0.3 is 59.8 Å². The van der Waals surface area contributed by atoms with Gasteiger partial charge in [0.25, 0.3) is 0 Å². The molecule has 0 aliphatic heterocycles. The predicted molar refractivity (Wildman–Crippen MR) is 89.6 cm³/mol. The summed E-state index contributed by atoms with van der Waals surface area (Å²) in [5, 5.41) is 18.1. The second-order valence-electron chi connectivity index (χ2n) is 7.79. The second-order valence-corrected chi connectivity index (χ2v) is 7.79. The lowest BCUT2D eigenvalue weighted by molar-refractivity contribution is -0.395. The van der Waals surface area contributed by atoms with Crippen molar-refractivity contribution < 1.29 is 98.8 Å². The standard InChI is InChI=1S/C18H8F18O4/c19-11(20,13(23,24)15(27,28)17(31,32)33)3-5-1-2-6(9(37)38)7(8(5)10(39)40)4-12(21,22)14(25,26)16(29,30)18(34,35)36/h1-2H,3-4H2,(H,37,38)(H,39,40). The zero-order chi connectivity index (χ0) is 32.3. The van der Waals surface area contributed by atoms with E-state index in [0.717, 1.165) is 0 Å². The summed E-state index contributed by atoms with van der Waals surface area (Å²) in [5.74, 6) is -49.4. The van der Waals surface area contributed by atoms with E-state index in [1.165, 1.54) is 0 Å². The molecule has 0 bridgehead atoms. The second kappa shape index (κ2) is 9.77. The highest BCUT2D eigenvalue weighted by Gasteiger charge is 2.82. The number of hydrogen-bond acceptors (Lipinski definition) is 2. The molecule has 0 heterocycles. The van der Waals surface area contributed by atoms with Crippen LogP contribution in [0, 0.1) is 0 Å². The monoisotopic (exact) mass is 630 g/mol. The minimum Gasteiger partial charge on any atom is -0.478 e. The van der Waals surface area contributed by atoms with E-state index in [-0.39, 0.29) is 12.1 Å². The van der Waals surface area contributed by atoms with E-state index in [4.69, 9.17) is 10.2 Å². The molecule has 1 aromatic carbocycles. The van der Waals surface area contributed by atoms with Gasteiger partial charge in [0.2, 0.25) is 0 Å². The van der Waals surface area contributed by atoms with Crippen LogP contribution in [-0.4, -0.2) is 70.0 Å². The summed E-state index contributed by atoms with van der Waals surface area (Å²) in [6, 6.07) is -0.696. The number of aromatic carboxylic acids is 2. The Hall–Kier alpha value is -3.10. The number of carbonyl (C=O) groups is 2. The Morgan fingerprint density at radius 1 is 0.525 bits per heavy atom. The highest BCUT2D eigenvalue weighted by molar-refractivity contribution is 5.98. The van der Waals surface area contributed by atoms with Gasteiger partial charge in [0.1, 0.15) is 0 Å². The van der Waals surface area contributed by atoms with Crippen molar-refractivity contribution >= 4 is 11.9 Å². The zero-order valence-electron chi connectivity index (χ0n) is 18.1. The molecule has 0 aliphatic carbocycles. The Morgan fingerprint density at radius 3 is 1.18 bits per heavy atom. The highest BCUT2D eigenvalue weighted by Crippen LogP contribution is 2.56. The van der Waals surface area contributed by atoms with Crippen molar-refractivity contribution in [1.82, 2.24) is 0 Å². The van der Waals surface area contributed by atoms with Crippen molar-refractivity contribution in [1.29, 1.82) is 0 Å². The largest absolute Gasteiger partial charge is 0.478 e. The molecule has 0 unspecified atom stereocenters. The van der Waals surface area contributed by atoms with Crippen molar-refractivity contribution in [2.24, 2.45) is 0 Å². The summed E-state index contributed by atoms with van der Waals surface area (Å²) < 4.78 is 237. The Kier molecular flexibility index (Phi) is 8.53. The van der Waals surface area contributed by atoms with Crippen molar-refractivity contribution in [3.05, 3.63) is 34.4 Å². The van der Waals surface area contributed by atoms with Gasteiger partial charge in [0.05, 0.1) is 11.1 Å². The smallest absolute Gasteiger partial charge is 0.460 e. The zero-order valence-corrected chi connectivity index (χ0v) is 18.1. The van der Waals surface area contributed by atoms with Gasteiger partial charge in [-0.2, -0.15) is 79.0 Å². The Labute approximate surface area is 207 Å². The first-order valence-corrected chi connectivity index (χ1v) is 9.33. The first-order valence-electron chi connectivity index (χ1n) is 9.33. The van der Waals surface area contributed by atoms with Crippen LogP contribution in [0.2, 0.25) is 0 Å². The third-order valence-electron chi connectivity index (χ3n) is 5.07. The fourth-order valence-electron chi connectivity index (χ4n) is 2.99. The molecule has 0 fully saturated rings. The molecule has 0 saturated carbocycles. The summed E-state index contributed by atoms with van der Waals surface area (Å²) in [4.78, 5) is 22.7. The van der Waals surface area contributed by atoms with Gasteiger partial charge in [0.15, 0.2) is 0 Å². The minimum absolute atomic E-state index is 0.342. The topological polar surface area (TPSA) is 74.6 Å². The molecular formula is C18H8F18O4. The van der Waals surface area contributed by atoms with E-state index < -0.39 is 94.9 Å². The van der Waals surface area contributed by atoms with Gasteiger partial charge < -0.3 is 10.2 Å². The molecule has 4 nitrogen and oxygen atoms in total. The number of hydrogen-bond donors (Lipinski definition) is 2. The lowest BCUT2D eigenvalue weighted by atomic mass is 9.86. The van der Waals surface area contributed by atoms with Gasteiger partial charge in [-0.05, 0) is 17.2 Å². The molecule has 0 spiro atoms. The van der Waals surface area contributed by atoms with Crippen LogP contribution in [0.15, 0.2) is 12.1 Å². The van der Waals surface area contributed by atoms with Crippen molar-refractivity contribution in [2.75, 3.05) is 0 Å². The van der Waals surface area contributed by atoms with Crippen LogP contribution in [-0.2, 0) is 12.8 Å². The third-order valence-corrected chi connectivity index (χ3v) is 5.07. The van der Waals surface area contributed by atoms with E-state index in [9.17, 15) is 88.6 Å². The molecule has 1 rings (SSSR count). The van der Waals surface area contributed by atoms with E-state index in [1.807, 2.05) is 0 Å². The SMILES string of the molecule is O=C(O)c1ccc(CC(F)(F)C(F)(F)C(F)(F)C(F)(F)F)c(C(=O)O)c1CC(F)(F)C(F)(F)C(F)(F)C(F)(F)F. The Balaban J connectivity index is 3.93. The van der Waals surface area contributed by atoms with E-state index in [0.29, 0.717) is 0 Å². The number of carboxylic acid groups (broad SMARTS) is 2. The van der Waals surface area contributed by atoms with E-state index in [2.05, 4.69) is 0 Å². The van der Waals surface area contributed by atoms with Crippen LogP contribution < -0.4 is 0 Å². The quantitative estimate of drug-likeness (QED) is 0.271. The van der Waals surface area contributed by atoms with Crippen LogP contribution >= 0.6 is 0 Å². The maximum absolute atomic E-state index is 14.1. The van der Waals surface area contributed by atoms with Crippen LogP contribution in [0.5, 0.6) is 0 Å². The fraction of sp³-hybridized carbons (Fsp3) is 0.556. The summed E-state index contributed by atoms with van der Waals surface area (Å²) >= 11 is 0. The molecule has 0 radical (unpaired) electrons. The van der Waals surface area contributed by atoms with Crippen LogP contribution in [0.25, 0.3) is 0 Å². The van der Waals surface area contributed by atoms with Crippen LogP contribution in [0.4, 0.5) is 79.0 Å². The summed E-state index contributed by atoms with van der Waals surface area (Å²) in [6.45, 7) is 0. The molecular weight excluding hydrogens is 622 g/mol. The number of alkyl halides is 18. The van der Waals surface area contributed by atoms with Crippen molar-refractivity contribution in [3.63, 3.8) is 0 Å². The average Bonchev–Trinajstić information content (AvgIpc) is 2.70. The fourth-order valence-corrected chi connectivity index (χ4v) is 2.99. The summed E-state index contributed by atoms with van der Waals surface area (Å²) in [5.41, 5.74) is -9.22. The predicted octanol–water partition coefficient (Wildman–Crippen LogP) is 7.10. The molecule has 0 aliphatic rings. The molecule has 0 atom stereocenters. The number of benzene rings is 1. The number of halogens is 18. The normalized spacial score (nSPS) is 14.8. The molecule has 22 heteroatoms. The average molecular weight is 630 g/mol. The minimum atomic E-state index is -7.62. The molecule has 1 aromatic rings. The Morgan fingerprint density at radius 2 is 0.875 bits per heavy atom. The van der Waals surface area contributed by atoms with Gasteiger partial charge in [-0.25, -0.2) is 9.59 Å². The summed E-state index contributed by atoms with van der Waals surface area (Å²) in [7, 11) is 0. The highest BCUT2D eigenvalue weighted by atomic mass is 19.4. The maximum Gasteiger partial charge on any atom is 0.460 e. The van der Waals surface area contributed by atoms with Crippen molar-refractivity contribution in [2.45, 2.75) is 60.7 Å². The summed E-state index contributed by atoms with van der Waals surface area (Å²) in [6.07, 6.45) is -21.6. The Bertz CT molecular complexity index is 1150.